The Bertz CT molecular complexity index is 928. The average molecular weight is 292 g/mol. The zero-order chi connectivity index (χ0) is 14.9. The Morgan fingerprint density at radius 1 is 1.05 bits per heavy atom. The first kappa shape index (κ1) is 12.5. The van der Waals surface area contributed by atoms with E-state index in [4.69, 9.17) is 4.74 Å². The van der Waals surface area contributed by atoms with Crippen molar-refractivity contribution in [3.8, 4) is 17.6 Å². The van der Waals surface area contributed by atoms with Crippen LogP contribution in [0.2, 0.25) is 0 Å². The largest absolute Gasteiger partial charge is 0.438 e. The SMILES string of the molecule is Cn1ccnc1-n1ncc2c(Oc3ccccc3)ncnc21. The lowest BCUT2D eigenvalue weighted by Crippen LogP contribution is -2.05. The highest BCUT2D eigenvalue weighted by atomic mass is 16.5. The van der Waals surface area contributed by atoms with Crippen molar-refractivity contribution in [1.29, 1.82) is 0 Å². The number of ether oxygens (including phenoxy) is 1. The predicted molar refractivity (Wildman–Crippen MR) is 79.9 cm³/mol. The molecule has 0 unspecified atom stereocenters. The molecule has 0 spiro atoms. The van der Waals surface area contributed by atoms with Gasteiger partial charge in [-0.15, -0.1) is 0 Å². The van der Waals surface area contributed by atoms with Gasteiger partial charge in [-0.25, -0.2) is 15.0 Å². The summed E-state index contributed by atoms with van der Waals surface area (Å²) in [6, 6.07) is 9.49. The summed E-state index contributed by atoms with van der Waals surface area (Å²) in [5.41, 5.74) is 0.648. The maximum Gasteiger partial charge on any atom is 0.233 e. The fourth-order valence-corrected chi connectivity index (χ4v) is 2.21. The van der Waals surface area contributed by atoms with Crippen molar-refractivity contribution in [3.05, 3.63) is 55.2 Å². The Labute approximate surface area is 125 Å². The van der Waals surface area contributed by atoms with Crippen molar-refractivity contribution >= 4 is 11.0 Å². The Morgan fingerprint density at radius 3 is 2.68 bits per heavy atom. The van der Waals surface area contributed by atoms with Crippen molar-refractivity contribution in [2.75, 3.05) is 0 Å². The molecule has 4 aromatic rings. The summed E-state index contributed by atoms with van der Waals surface area (Å²) < 4.78 is 9.35. The molecule has 3 aromatic heterocycles. The molecule has 3 heterocycles. The van der Waals surface area contributed by atoms with E-state index in [2.05, 4.69) is 20.1 Å². The monoisotopic (exact) mass is 292 g/mol. The quantitative estimate of drug-likeness (QED) is 0.579. The van der Waals surface area contributed by atoms with Crippen LogP contribution in [0.5, 0.6) is 11.6 Å². The van der Waals surface area contributed by atoms with Crippen LogP contribution in [-0.2, 0) is 7.05 Å². The molecule has 0 atom stereocenters. The Balaban J connectivity index is 1.82. The zero-order valence-electron chi connectivity index (χ0n) is 11.8. The summed E-state index contributed by atoms with van der Waals surface area (Å²) >= 11 is 0. The highest BCUT2D eigenvalue weighted by Crippen LogP contribution is 2.26. The van der Waals surface area contributed by atoms with Gasteiger partial charge in [-0.3, -0.25) is 0 Å². The molecule has 1 aromatic carbocycles. The van der Waals surface area contributed by atoms with Crippen LogP contribution in [0.3, 0.4) is 0 Å². The minimum atomic E-state index is 0.469. The van der Waals surface area contributed by atoms with Crippen LogP contribution in [-0.4, -0.2) is 29.3 Å². The number of nitrogens with zero attached hydrogens (tertiary/aromatic N) is 6. The second kappa shape index (κ2) is 4.96. The highest BCUT2D eigenvalue weighted by Gasteiger charge is 2.14. The number of hydrogen-bond acceptors (Lipinski definition) is 5. The van der Waals surface area contributed by atoms with E-state index >= 15 is 0 Å². The Kier molecular flexibility index (Phi) is 2.82. The molecule has 0 bridgehead atoms. The molecule has 0 radical (unpaired) electrons. The van der Waals surface area contributed by atoms with Crippen molar-refractivity contribution in [3.63, 3.8) is 0 Å². The fraction of sp³-hybridized carbons (Fsp3) is 0.0667. The molecule has 0 fully saturated rings. The predicted octanol–water partition coefficient (Wildman–Crippen LogP) is 2.34. The molecule has 7 nitrogen and oxygen atoms in total. The van der Waals surface area contributed by atoms with Gasteiger partial charge in [-0.2, -0.15) is 9.78 Å². The van der Waals surface area contributed by atoms with Gasteiger partial charge in [0.2, 0.25) is 11.8 Å². The third kappa shape index (κ3) is 1.99. The van der Waals surface area contributed by atoms with Crippen LogP contribution in [0.4, 0.5) is 0 Å². The molecule has 108 valence electrons. The van der Waals surface area contributed by atoms with E-state index < -0.39 is 0 Å². The molecule has 0 amide bonds. The zero-order valence-corrected chi connectivity index (χ0v) is 11.8. The molecule has 0 aliphatic rings. The van der Waals surface area contributed by atoms with Gasteiger partial charge in [0.15, 0.2) is 5.65 Å². The molecular formula is C15H12N6O. The maximum atomic E-state index is 5.82. The average Bonchev–Trinajstić information content (AvgIpc) is 3.15. The normalized spacial score (nSPS) is 11.0. The third-order valence-corrected chi connectivity index (χ3v) is 3.27. The number of rotatable bonds is 3. The highest BCUT2D eigenvalue weighted by molar-refractivity contribution is 5.81. The van der Waals surface area contributed by atoms with Crippen LogP contribution >= 0.6 is 0 Å². The molecule has 0 saturated carbocycles. The standard InChI is InChI=1S/C15H12N6O/c1-20-8-7-16-15(20)21-13-12(9-19-21)14(18-10-17-13)22-11-5-3-2-4-6-11/h2-10H,1H3. The minimum absolute atomic E-state index is 0.469. The van der Waals surface area contributed by atoms with Crippen molar-refractivity contribution in [1.82, 2.24) is 29.3 Å². The van der Waals surface area contributed by atoms with Crippen LogP contribution in [0, 0.1) is 0 Å². The summed E-state index contributed by atoms with van der Waals surface area (Å²) in [5, 5.41) is 5.08. The molecule has 22 heavy (non-hydrogen) atoms. The van der Waals surface area contributed by atoms with Gasteiger partial charge in [0.1, 0.15) is 17.5 Å². The smallest absolute Gasteiger partial charge is 0.233 e. The number of hydrogen-bond donors (Lipinski definition) is 0. The number of para-hydroxylation sites is 1. The topological polar surface area (TPSA) is 70.7 Å². The summed E-state index contributed by atoms with van der Waals surface area (Å²) in [6.07, 6.45) is 6.71. The van der Waals surface area contributed by atoms with Gasteiger partial charge in [-0.05, 0) is 12.1 Å². The van der Waals surface area contributed by atoms with Gasteiger partial charge in [0, 0.05) is 19.4 Å². The number of aromatic nitrogens is 6. The van der Waals surface area contributed by atoms with Crippen molar-refractivity contribution in [2.45, 2.75) is 0 Å². The number of imidazole rings is 1. The van der Waals surface area contributed by atoms with Crippen LogP contribution < -0.4 is 4.74 Å². The van der Waals surface area contributed by atoms with E-state index in [1.165, 1.54) is 6.33 Å². The Morgan fingerprint density at radius 2 is 1.91 bits per heavy atom. The Hall–Kier alpha value is -3.22. The molecule has 0 N–H and O–H groups in total. The van der Waals surface area contributed by atoms with E-state index in [0.717, 1.165) is 5.39 Å². The van der Waals surface area contributed by atoms with Crippen molar-refractivity contribution in [2.24, 2.45) is 7.05 Å². The molecule has 4 rings (SSSR count). The van der Waals surface area contributed by atoms with Gasteiger partial charge in [0.05, 0.1) is 6.20 Å². The van der Waals surface area contributed by atoms with E-state index in [9.17, 15) is 0 Å². The second-order valence-electron chi connectivity index (χ2n) is 4.73. The lowest BCUT2D eigenvalue weighted by Gasteiger charge is -2.05. The summed E-state index contributed by atoms with van der Waals surface area (Å²) in [7, 11) is 1.90. The van der Waals surface area contributed by atoms with Crippen LogP contribution in [0.1, 0.15) is 0 Å². The molecular weight excluding hydrogens is 280 g/mol. The number of fused-ring (bicyclic) bond motifs is 1. The molecule has 0 aliphatic carbocycles. The fourth-order valence-electron chi connectivity index (χ4n) is 2.21. The van der Waals surface area contributed by atoms with E-state index in [0.29, 0.717) is 23.2 Å². The van der Waals surface area contributed by atoms with Gasteiger partial charge < -0.3 is 9.30 Å². The first-order valence-electron chi connectivity index (χ1n) is 6.72. The van der Waals surface area contributed by atoms with E-state index in [-0.39, 0.29) is 0 Å². The van der Waals surface area contributed by atoms with Crippen molar-refractivity contribution < 1.29 is 4.74 Å². The first-order chi connectivity index (χ1) is 10.8. The summed E-state index contributed by atoms with van der Waals surface area (Å²) in [4.78, 5) is 12.8. The second-order valence-corrected chi connectivity index (χ2v) is 4.73. The van der Waals surface area contributed by atoms with Crippen LogP contribution in [0.15, 0.2) is 55.2 Å². The lowest BCUT2D eigenvalue weighted by molar-refractivity contribution is 0.468. The van der Waals surface area contributed by atoms with Gasteiger partial charge >= 0.3 is 0 Å². The first-order valence-corrected chi connectivity index (χ1v) is 6.72. The van der Waals surface area contributed by atoms with E-state index in [1.807, 2.05) is 48.1 Å². The summed E-state index contributed by atoms with van der Waals surface area (Å²) in [6.45, 7) is 0. The molecule has 0 aliphatic heterocycles. The number of aryl methyl sites for hydroxylation is 1. The minimum Gasteiger partial charge on any atom is -0.438 e. The molecule has 7 heteroatoms. The van der Waals surface area contributed by atoms with Gasteiger partial charge in [-0.1, -0.05) is 18.2 Å². The summed E-state index contributed by atoms with van der Waals surface area (Å²) in [5.74, 6) is 1.86. The number of benzene rings is 1. The third-order valence-electron chi connectivity index (χ3n) is 3.27. The maximum absolute atomic E-state index is 5.82. The van der Waals surface area contributed by atoms with E-state index in [1.54, 1.807) is 17.1 Å². The van der Waals surface area contributed by atoms with Gasteiger partial charge in [0.25, 0.3) is 0 Å². The van der Waals surface area contributed by atoms with Crippen LogP contribution in [0.25, 0.3) is 17.0 Å². The lowest BCUT2D eigenvalue weighted by atomic mass is 10.3. The molecule has 0 saturated heterocycles.